The molecule has 0 saturated heterocycles. The molecule has 1 amide bonds. The minimum Gasteiger partial charge on any atom is -0.444 e. The van der Waals surface area contributed by atoms with E-state index in [1.807, 2.05) is 20.8 Å². The first kappa shape index (κ1) is 17.0. The summed E-state index contributed by atoms with van der Waals surface area (Å²) < 4.78 is 5.17. The van der Waals surface area contributed by atoms with E-state index in [1.165, 1.54) is 4.88 Å². The monoisotopic (exact) mass is 298 g/mol. The third-order valence-corrected chi connectivity index (χ3v) is 3.96. The van der Waals surface area contributed by atoms with Crippen molar-refractivity contribution in [1.82, 2.24) is 10.6 Å². The number of ether oxygens (including phenoxy) is 1. The van der Waals surface area contributed by atoms with Crippen LogP contribution >= 0.6 is 11.3 Å². The maximum absolute atomic E-state index is 11.4. The number of hydrogen-bond donors (Lipinski definition) is 2. The Morgan fingerprint density at radius 2 is 1.95 bits per heavy atom. The average Bonchev–Trinajstić information content (AvgIpc) is 2.79. The molecule has 5 heteroatoms. The minimum absolute atomic E-state index is 0.111. The Balaban J connectivity index is 2.18. The summed E-state index contributed by atoms with van der Waals surface area (Å²) in [4.78, 5) is 12.8. The van der Waals surface area contributed by atoms with Crippen LogP contribution in [0, 0.1) is 0 Å². The normalized spacial score (nSPS) is 12.2. The predicted molar refractivity (Wildman–Crippen MR) is 84.5 cm³/mol. The molecule has 0 aromatic carbocycles. The minimum atomic E-state index is -0.446. The van der Waals surface area contributed by atoms with Gasteiger partial charge >= 0.3 is 6.09 Å². The van der Waals surface area contributed by atoms with Crippen LogP contribution in [0.3, 0.4) is 0 Å². The molecule has 4 nitrogen and oxygen atoms in total. The van der Waals surface area contributed by atoms with Crippen LogP contribution in [0.15, 0.2) is 17.5 Å². The van der Waals surface area contributed by atoms with Gasteiger partial charge < -0.3 is 15.4 Å². The summed E-state index contributed by atoms with van der Waals surface area (Å²) in [6, 6.07) is 4.23. The molecule has 1 rings (SSSR count). The smallest absolute Gasteiger partial charge is 0.407 e. The van der Waals surface area contributed by atoms with Crippen molar-refractivity contribution < 1.29 is 9.53 Å². The summed E-state index contributed by atoms with van der Waals surface area (Å²) in [5, 5.41) is 8.21. The predicted octanol–water partition coefficient (Wildman–Crippen LogP) is 3.14. The van der Waals surface area contributed by atoms with E-state index in [4.69, 9.17) is 4.74 Å². The summed E-state index contributed by atoms with van der Waals surface area (Å²) >= 11 is 1.78. The highest BCUT2D eigenvalue weighted by atomic mass is 32.1. The van der Waals surface area contributed by atoms with E-state index >= 15 is 0 Å². The lowest BCUT2D eigenvalue weighted by Gasteiger charge is -2.24. The van der Waals surface area contributed by atoms with Gasteiger partial charge in [-0.15, -0.1) is 11.3 Å². The molecule has 1 aromatic heterocycles. The number of thiophene rings is 1. The van der Waals surface area contributed by atoms with E-state index in [2.05, 4.69) is 42.0 Å². The first-order chi connectivity index (χ1) is 9.21. The van der Waals surface area contributed by atoms with Gasteiger partial charge in [0.15, 0.2) is 0 Å². The molecule has 0 aliphatic heterocycles. The molecule has 0 saturated carbocycles. The third-order valence-electron chi connectivity index (χ3n) is 2.73. The summed E-state index contributed by atoms with van der Waals surface area (Å²) in [6.07, 6.45) is -0.364. The SMILES string of the molecule is CC(C)(C)OC(=O)NCCNCC(C)(C)c1cccs1. The third kappa shape index (κ3) is 6.39. The molecule has 1 heterocycles. The molecule has 0 unspecified atom stereocenters. The van der Waals surface area contributed by atoms with Crippen molar-refractivity contribution >= 4 is 17.4 Å². The van der Waals surface area contributed by atoms with Gasteiger partial charge in [-0.2, -0.15) is 0 Å². The van der Waals surface area contributed by atoms with E-state index in [-0.39, 0.29) is 11.5 Å². The molecule has 20 heavy (non-hydrogen) atoms. The largest absolute Gasteiger partial charge is 0.444 e. The lowest BCUT2D eigenvalue weighted by molar-refractivity contribution is 0.0528. The van der Waals surface area contributed by atoms with Crippen LogP contribution < -0.4 is 10.6 Å². The van der Waals surface area contributed by atoms with Crippen LogP contribution in [0.4, 0.5) is 4.79 Å². The van der Waals surface area contributed by atoms with Gasteiger partial charge in [0, 0.05) is 29.9 Å². The van der Waals surface area contributed by atoms with Gasteiger partial charge in [0.05, 0.1) is 0 Å². The second-order valence-electron chi connectivity index (χ2n) is 6.47. The highest BCUT2D eigenvalue weighted by molar-refractivity contribution is 7.10. The van der Waals surface area contributed by atoms with Gasteiger partial charge in [0.1, 0.15) is 5.60 Å². The van der Waals surface area contributed by atoms with Crippen LogP contribution in [0.5, 0.6) is 0 Å². The summed E-state index contributed by atoms with van der Waals surface area (Å²) in [5.74, 6) is 0. The number of hydrogen-bond acceptors (Lipinski definition) is 4. The molecule has 114 valence electrons. The fraction of sp³-hybridized carbons (Fsp3) is 0.667. The van der Waals surface area contributed by atoms with E-state index in [0.29, 0.717) is 6.54 Å². The Morgan fingerprint density at radius 3 is 2.50 bits per heavy atom. The van der Waals surface area contributed by atoms with E-state index in [9.17, 15) is 4.79 Å². The standard InChI is InChI=1S/C15H26N2O2S/c1-14(2,3)19-13(18)17-9-8-16-11-15(4,5)12-7-6-10-20-12/h6-7,10,16H,8-9,11H2,1-5H3,(H,17,18). The topological polar surface area (TPSA) is 50.4 Å². The maximum Gasteiger partial charge on any atom is 0.407 e. The zero-order valence-electron chi connectivity index (χ0n) is 13.1. The van der Waals surface area contributed by atoms with Crippen LogP contribution in [0.1, 0.15) is 39.5 Å². The Bertz CT molecular complexity index is 408. The number of carbonyl (C=O) groups is 1. The van der Waals surface area contributed by atoms with Crippen molar-refractivity contribution in [3.05, 3.63) is 22.4 Å². The molecule has 0 bridgehead atoms. The number of alkyl carbamates (subject to hydrolysis) is 1. The lowest BCUT2D eigenvalue weighted by Crippen LogP contribution is -2.39. The van der Waals surface area contributed by atoms with Crippen LogP contribution in [-0.4, -0.2) is 31.3 Å². The zero-order chi connectivity index (χ0) is 15.2. The van der Waals surface area contributed by atoms with Crippen molar-refractivity contribution in [2.75, 3.05) is 19.6 Å². The van der Waals surface area contributed by atoms with Crippen molar-refractivity contribution in [2.24, 2.45) is 0 Å². The Labute approximate surface area is 125 Å². The van der Waals surface area contributed by atoms with Crippen molar-refractivity contribution in [3.63, 3.8) is 0 Å². The first-order valence-electron chi connectivity index (χ1n) is 6.92. The Kier molecular flexibility index (Phi) is 6.02. The summed E-state index contributed by atoms with van der Waals surface area (Å²) in [5.41, 5.74) is -0.335. The zero-order valence-corrected chi connectivity index (χ0v) is 13.9. The quantitative estimate of drug-likeness (QED) is 0.793. The Hall–Kier alpha value is -1.07. The number of carbonyl (C=O) groups excluding carboxylic acids is 1. The van der Waals surface area contributed by atoms with Gasteiger partial charge in [-0.3, -0.25) is 0 Å². The first-order valence-corrected chi connectivity index (χ1v) is 7.80. The van der Waals surface area contributed by atoms with Gasteiger partial charge in [-0.1, -0.05) is 19.9 Å². The van der Waals surface area contributed by atoms with Crippen molar-refractivity contribution in [3.8, 4) is 0 Å². The van der Waals surface area contributed by atoms with Gasteiger partial charge in [-0.05, 0) is 32.2 Å². The Morgan fingerprint density at radius 1 is 1.25 bits per heavy atom. The van der Waals surface area contributed by atoms with Gasteiger partial charge in [0.2, 0.25) is 0 Å². The van der Waals surface area contributed by atoms with Crippen molar-refractivity contribution in [1.29, 1.82) is 0 Å². The molecule has 1 aromatic rings. The highest BCUT2D eigenvalue weighted by Crippen LogP contribution is 2.26. The van der Waals surface area contributed by atoms with Crippen LogP contribution in [-0.2, 0) is 10.2 Å². The molecular weight excluding hydrogens is 272 g/mol. The van der Waals surface area contributed by atoms with E-state index in [0.717, 1.165) is 13.1 Å². The van der Waals surface area contributed by atoms with Crippen LogP contribution in [0.25, 0.3) is 0 Å². The van der Waals surface area contributed by atoms with Gasteiger partial charge in [0.25, 0.3) is 0 Å². The molecule has 0 atom stereocenters. The molecule has 0 fully saturated rings. The molecule has 0 aliphatic rings. The highest BCUT2D eigenvalue weighted by Gasteiger charge is 2.21. The van der Waals surface area contributed by atoms with Gasteiger partial charge in [-0.25, -0.2) is 4.79 Å². The number of rotatable bonds is 6. The second-order valence-corrected chi connectivity index (χ2v) is 7.41. The molecule has 0 radical (unpaired) electrons. The second kappa shape index (κ2) is 7.09. The van der Waals surface area contributed by atoms with E-state index in [1.54, 1.807) is 11.3 Å². The molecule has 2 N–H and O–H groups in total. The number of amides is 1. The van der Waals surface area contributed by atoms with Crippen LogP contribution in [0.2, 0.25) is 0 Å². The maximum atomic E-state index is 11.4. The molecular formula is C15H26N2O2S. The fourth-order valence-corrected chi connectivity index (χ4v) is 2.57. The fourth-order valence-electron chi connectivity index (χ4n) is 1.72. The average molecular weight is 298 g/mol. The van der Waals surface area contributed by atoms with Crippen molar-refractivity contribution in [2.45, 2.75) is 45.6 Å². The molecule has 0 aliphatic carbocycles. The summed E-state index contributed by atoms with van der Waals surface area (Å²) in [6.45, 7) is 12.2. The van der Waals surface area contributed by atoms with E-state index < -0.39 is 5.60 Å². The number of nitrogens with one attached hydrogen (secondary N) is 2. The molecule has 0 spiro atoms. The lowest BCUT2D eigenvalue weighted by atomic mass is 9.91. The summed E-state index contributed by atoms with van der Waals surface area (Å²) in [7, 11) is 0.